The standard InChI is InChI=1S/C25H23F2N5O2S/c1-15-12-21(16(2)31(15)18-7-9-20(10-8-18)34-24(26)27)22(33)14-35-25-30-29-23(32(25)19-5-6-19)17-4-3-11-28-13-17/h3-4,7-13,19,24H,5-6,14H2,1-2H3. The molecule has 4 aromatic rings. The molecule has 10 heteroatoms. The molecule has 0 unspecified atom stereocenters. The van der Waals surface area contributed by atoms with Gasteiger partial charge in [-0.15, -0.1) is 10.2 Å². The molecule has 3 heterocycles. The fourth-order valence-corrected chi connectivity index (χ4v) is 5.04. The van der Waals surface area contributed by atoms with E-state index < -0.39 is 6.61 Å². The van der Waals surface area contributed by atoms with E-state index in [2.05, 4.69) is 24.5 Å². The van der Waals surface area contributed by atoms with Gasteiger partial charge in [0.1, 0.15) is 5.75 Å². The number of pyridine rings is 1. The monoisotopic (exact) mass is 495 g/mol. The Balaban J connectivity index is 1.34. The van der Waals surface area contributed by atoms with Crippen LogP contribution in [-0.2, 0) is 0 Å². The zero-order valence-corrected chi connectivity index (χ0v) is 20.0. The Labute approximate surface area is 205 Å². The van der Waals surface area contributed by atoms with Crippen LogP contribution < -0.4 is 4.74 Å². The summed E-state index contributed by atoms with van der Waals surface area (Å²) in [7, 11) is 0. The van der Waals surface area contributed by atoms with E-state index in [1.165, 1.54) is 23.9 Å². The van der Waals surface area contributed by atoms with Gasteiger partial charge in [-0.25, -0.2) is 0 Å². The highest BCUT2D eigenvalue weighted by Crippen LogP contribution is 2.41. The minimum absolute atomic E-state index is 0.0136. The molecule has 0 saturated heterocycles. The number of benzene rings is 1. The van der Waals surface area contributed by atoms with Crippen LogP contribution in [-0.4, -0.2) is 42.5 Å². The number of alkyl halides is 2. The number of aryl methyl sites for hydroxylation is 1. The maximum absolute atomic E-state index is 13.2. The van der Waals surface area contributed by atoms with Gasteiger partial charge in [0, 0.05) is 46.6 Å². The van der Waals surface area contributed by atoms with Gasteiger partial charge in [0.25, 0.3) is 0 Å². The predicted molar refractivity (Wildman–Crippen MR) is 128 cm³/mol. The Morgan fingerprint density at radius 2 is 1.94 bits per heavy atom. The largest absolute Gasteiger partial charge is 0.435 e. The van der Waals surface area contributed by atoms with Crippen LogP contribution in [0.25, 0.3) is 17.1 Å². The van der Waals surface area contributed by atoms with Gasteiger partial charge in [-0.3, -0.25) is 14.3 Å². The first-order valence-corrected chi connectivity index (χ1v) is 12.2. The molecule has 0 N–H and O–H groups in total. The lowest BCUT2D eigenvalue weighted by molar-refractivity contribution is -0.0498. The number of carbonyl (C=O) groups excluding carboxylic acids is 1. The predicted octanol–water partition coefficient (Wildman–Crippen LogP) is 5.66. The molecule has 35 heavy (non-hydrogen) atoms. The number of carbonyl (C=O) groups is 1. The highest BCUT2D eigenvalue weighted by molar-refractivity contribution is 7.99. The van der Waals surface area contributed by atoms with Crippen LogP contribution in [0.15, 0.2) is 60.0 Å². The Hall–Kier alpha value is -3.53. The second-order valence-electron chi connectivity index (χ2n) is 8.35. The van der Waals surface area contributed by atoms with Crippen molar-refractivity contribution < 1.29 is 18.3 Å². The van der Waals surface area contributed by atoms with Gasteiger partial charge >= 0.3 is 6.61 Å². The lowest BCUT2D eigenvalue weighted by Crippen LogP contribution is -2.07. The van der Waals surface area contributed by atoms with E-state index in [1.807, 2.05) is 36.6 Å². The normalized spacial score (nSPS) is 13.4. The summed E-state index contributed by atoms with van der Waals surface area (Å²) in [5.74, 6) is 1.07. The molecular weight excluding hydrogens is 472 g/mol. The minimum Gasteiger partial charge on any atom is -0.435 e. The van der Waals surface area contributed by atoms with Gasteiger partial charge in [0.15, 0.2) is 16.8 Å². The number of nitrogens with zero attached hydrogens (tertiary/aromatic N) is 5. The first-order chi connectivity index (χ1) is 16.9. The molecule has 5 rings (SSSR count). The lowest BCUT2D eigenvalue weighted by atomic mass is 10.2. The lowest BCUT2D eigenvalue weighted by Gasteiger charge is -2.11. The number of halogens is 2. The average Bonchev–Trinajstić information content (AvgIpc) is 3.53. The third-order valence-electron chi connectivity index (χ3n) is 5.88. The first-order valence-electron chi connectivity index (χ1n) is 11.2. The second kappa shape index (κ2) is 9.61. The van der Waals surface area contributed by atoms with Crippen molar-refractivity contribution in [2.45, 2.75) is 44.5 Å². The van der Waals surface area contributed by atoms with Crippen LogP contribution >= 0.6 is 11.8 Å². The van der Waals surface area contributed by atoms with Crippen LogP contribution in [0.4, 0.5) is 8.78 Å². The summed E-state index contributed by atoms with van der Waals surface area (Å²) in [6.07, 6.45) is 5.62. The summed E-state index contributed by atoms with van der Waals surface area (Å²) in [4.78, 5) is 17.4. The number of hydrogen-bond acceptors (Lipinski definition) is 6. The van der Waals surface area contributed by atoms with E-state index in [-0.39, 0.29) is 17.3 Å². The van der Waals surface area contributed by atoms with Crippen LogP contribution in [0.5, 0.6) is 5.75 Å². The smallest absolute Gasteiger partial charge is 0.387 e. The maximum atomic E-state index is 13.2. The van der Waals surface area contributed by atoms with Gasteiger partial charge in [0.2, 0.25) is 0 Å². The number of hydrogen-bond donors (Lipinski definition) is 0. The SMILES string of the molecule is Cc1cc(C(=O)CSc2nnc(-c3cccnc3)n2C2CC2)c(C)n1-c1ccc(OC(F)F)cc1. The molecule has 0 amide bonds. The maximum Gasteiger partial charge on any atom is 0.387 e. The molecule has 1 aliphatic rings. The van der Waals surface area contributed by atoms with Crippen LogP contribution in [0.1, 0.15) is 40.6 Å². The summed E-state index contributed by atoms with van der Waals surface area (Å²) in [5.41, 5.74) is 3.95. The summed E-state index contributed by atoms with van der Waals surface area (Å²) >= 11 is 1.38. The van der Waals surface area contributed by atoms with E-state index in [1.54, 1.807) is 24.5 Å². The number of ketones is 1. The van der Waals surface area contributed by atoms with Crippen LogP contribution in [0.3, 0.4) is 0 Å². The number of ether oxygens (including phenoxy) is 1. The molecular formula is C25H23F2N5O2S. The van der Waals surface area contributed by atoms with E-state index >= 15 is 0 Å². The topological polar surface area (TPSA) is 74.8 Å². The Kier molecular flexibility index (Phi) is 6.38. The van der Waals surface area contributed by atoms with Crippen molar-refractivity contribution in [2.75, 3.05) is 5.75 Å². The molecule has 0 bridgehead atoms. The summed E-state index contributed by atoms with van der Waals surface area (Å²) in [5, 5.41) is 9.47. The third kappa shape index (κ3) is 4.84. The average molecular weight is 496 g/mol. The third-order valence-corrected chi connectivity index (χ3v) is 6.82. The molecule has 180 valence electrons. The summed E-state index contributed by atoms with van der Waals surface area (Å²) in [6.45, 7) is 0.912. The van der Waals surface area contributed by atoms with Crippen molar-refractivity contribution in [2.24, 2.45) is 0 Å². The molecule has 3 aromatic heterocycles. The van der Waals surface area contributed by atoms with E-state index in [4.69, 9.17) is 0 Å². The number of rotatable bonds is 9. The van der Waals surface area contributed by atoms with Crippen molar-refractivity contribution in [1.29, 1.82) is 0 Å². The summed E-state index contributed by atoms with van der Waals surface area (Å²) < 4.78 is 33.3. The zero-order chi connectivity index (χ0) is 24.5. The van der Waals surface area contributed by atoms with E-state index in [0.29, 0.717) is 11.6 Å². The first kappa shape index (κ1) is 23.2. The van der Waals surface area contributed by atoms with Crippen molar-refractivity contribution in [3.8, 4) is 22.8 Å². The quantitative estimate of drug-likeness (QED) is 0.220. The number of Topliss-reactive ketones (excluding diaryl/α,β-unsaturated/α-hetero) is 1. The highest BCUT2D eigenvalue weighted by Gasteiger charge is 2.30. The molecule has 0 aliphatic heterocycles. The Morgan fingerprint density at radius 1 is 1.17 bits per heavy atom. The van der Waals surface area contributed by atoms with E-state index in [9.17, 15) is 13.6 Å². The van der Waals surface area contributed by atoms with Gasteiger partial charge in [0.05, 0.1) is 5.75 Å². The van der Waals surface area contributed by atoms with Gasteiger partial charge in [-0.2, -0.15) is 8.78 Å². The highest BCUT2D eigenvalue weighted by atomic mass is 32.2. The second-order valence-corrected chi connectivity index (χ2v) is 9.30. The molecule has 7 nitrogen and oxygen atoms in total. The molecule has 1 aliphatic carbocycles. The van der Waals surface area contributed by atoms with E-state index in [0.717, 1.165) is 46.5 Å². The number of aromatic nitrogens is 5. The zero-order valence-electron chi connectivity index (χ0n) is 19.2. The van der Waals surface area contributed by atoms with Gasteiger partial charge in [-0.1, -0.05) is 11.8 Å². The molecule has 0 radical (unpaired) electrons. The van der Waals surface area contributed by atoms with Crippen molar-refractivity contribution >= 4 is 17.5 Å². The van der Waals surface area contributed by atoms with Crippen molar-refractivity contribution in [3.63, 3.8) is 0 Å². The number of thioether (sulfide) groups is 1. The molecule has 1 aromatic carbocycles. The van der Waals surface area contributed by atoms with Crippen molar-refractivity contribution in [1.82, 2.24) is 24.3 Å². The fraction of sp³-hybridized carbons (Fsp3) is 0.280. The van der Waals surface area contributed by atoms with Crippen LogP contribution in [0, 0.1) is 13.8 Å². The Morgan fingerprint density at radius 3 is 2.60 bits per heavy atom. The molecule has 0 spiro atoms. The van der Waals surface area contributed by atoms with Gasteiger partial charge in [-0.05, 0) is 69.2 Å². The summed E-state index contributed by atoms with van der Waals surface area (Å²) in [6, 6.07) is 12.4. The Bertz CT molecular complexity index is 1350. The van der Waals surface area contributed by atoms with Crippen LogP contribution in [0.2, 0.25) is 0 Å². The van der Waals surface area contributed by atoms with Crippen molar-refractivity contribution in [3.05, 3.63) is 71.8 Å². The minimum atomic E-state index is -2.87. The molecule has 1 saturated carbocycles. The molecule has 0 atom stereocenters. The molecule has 1 fully saturated rings. The fourth-order valence-electron chi connectivity index (χ4n) is 4.16. The van der Waals surface area contributed by atoms with Gasteiger partial charge < -0.3 is 9.30 Å².